The maximum absolute atomic E-state index is 11.3. The average molecular weight is 409 g/mol. The van der Waals surface area contributed by atoms with Crippen LogP contribution in [0.4, 0.5) is 0 Å². The molecule has 5 heteroatoms. The van der Waals surface area contributed by atoms with Crippen LogP contribution in [0.5, 0.6) is 0 Å². The first-order chi connectivity index (χ1) is 13.6. The van der Waals surface area contributed by atoms with Gasteiger partial charge >= 0.3 is 5.97 Å². The van der Waals surface area contributed by atoms with Crippen LogP contribution in [0.1, 0.15) is 78.6 Å². The van der Waals surface area contributed by atoms with E-state index in [1.807, 2.05) is 0 Å². The number of hydrogen-bond acceptors (Lipinski definition) is 4. The Hall–Kier alpha value is -0.650. The number of aliphatic hydroxyl groups excluding tert-OH is 3. The molecule has 0 amide bonds. The lowest BCUT2D eigenvalue weighted by Crippen LogP contribution is -2.64. The maximum Gasteiger partial charge on any atom is 0.303 e. The number of carboxylic acid groups (broad SMARTS) is 1. The molecule has 0 aromatic heterocycles. The van der Waals surface area contributed by atoms with Crippen molar-refractivity contribution in [2.24, 2.45) is 46.3 Å². The molecule has 0 aromatic rings. The van der Waals surface area contributed by atoms with Crippen LogP contribution in [0, 0.1) is 46.3 Å². The van der Waals surface area contributed by atoms with E-state index in [9.17, 15) is 20.1 Å². The maximum atomic E-state index is 11.3. The smallest absolute Gasteiger partial charge is 0.303 e. The normalized spacial score (nSPS) is 52.9. The fourth-order valence-corrected chi connectivity index (χ4v) is 8.77. The molecule has 4 N–H and O–H groups in total. The third-order valence-electron chi connectivity index (χ3n) is 10.3. The van der Waals surface area contributed by atoms with E-state index in [0.717, 1.165) is 44.9 Å². The van der Waals surface area contributed by atoms with Crippen molar-refractivity contribution in [3.05, 3.63) is 0 Å². The first kappa shape index (κ1) is 21.6. The summed E-state index contributed by atoms with van der Waals surface area (Å²) in [7, 11) is 0. The number of fused-ring (bicyclic) bond motifs is 5. The first-order valence-electron chi connectivity index (χ1n) is 11.9. The third-order valence-corrected chi connectivity index (χ3v) is 10.3. The molecule has 0 radical (unpaired) electrons. The summed E-state index contributed by atoms with van der Waals surface area (Å²) in [4.78, 5) is 11.1. The van der Waals surface area contributed by atoms with Crippen LogP contribution >= 0.6 is 0 Å². The summed E-state index contributed by atoms with van der Waals surface area (Å²) in [5.74, 6) is 1.06. The monoisotopic (exact) mass is 408 g/mol. The van der Waals surface area contributed by atoms with Crippen LogP contribution in [0.25, 0.3) is 0 Å². The van der Waals surface area contributed by atoms with E-state index in [1.165, 1.54) is 0 Å². The largest absolute Gasteiger partial charge is 0.481 e. The Balaban J connectivity index is 1.59. The number of hydrogen-bond donors (Lipinski definition) is 4. The van der Waals surface area contributed by atoms with Crippen molar-refractivity contribution in [3.8, 4) is 0 Å². The SMILES string of the molecule is C[C@H](CCC(=O)O)[C@H]1CC[C@H]2[C@@H]3[C@@H](O)[C@@H](O)[C@@H]4C[C@H](O)CC[C@]4(C)[C@H]3CC[C@]12C. The minimum atomic E-state index is -0.748. The summed E-state index contributed by atoms with van der Waals surface area (Å²) in [6.07, 6.45) is 5.87. The van der Waals surface area contributed by atoms with Gasteiger partial charge in [0.1, 0.15) is 0 Å². The molecule has 0 unspecified atom stereocenters. The van der Waals surface area contributed by atoms with E-state index < -0.39 is 18.2 Å². The second kappa shape index (κ2) is 7.49. The molecule has 4 aliphatic rings. The highest BCUT2D eigenvalue weighted by Crippen LogP contribution is 2.68. The lowest BCUT2D eigenvalue weighted by molar-refractivity contribution is -0.223. The van der Waals surface area contributed by atoms with Gasteiger partial charge in [0.15, 0.2) is 0 Å². The molecule has 11 atom stereocenters. The number of rotatable bonds is 4. The van der Waals surface area contributed by atoms with E-state index in [4.69, 9.17) is 5.11 Å². The molecule has 0 heterocycles. The number of carbonyl (C=O) groups is 1. The Kier molecular flexibility index (Phi) is 5.57. The van der Waals surface area contributed by atoms with E-state index in [1.54, 1.807) is 0 Å². The van der Waals surface area contributed by atoms with Gasteiger partial charge in [-0.3, -0.25) is 4.79 Å². The molecule has 29 heavy (non-hydrogen) atoms. The Bertz CT molecular complexity index is 637. The number of carboxylic acids is 1. The van der Waals surface area contributed by atoms with Gasteiger partial charge in [0.05, 0.1) is 18.3 Å². The van der Waals surface area contributed by atoms with E-state index >= 15 is 0 Å². The molecule has 4 aliphatic carbocycles. The molecule has 5 nitrogen and oxygen atoms in total. The fraction of sp³-hybridized carbons (Fsp3) is 0.958. The topological polar surface area (TPSA) is 98.0 Å². The van der Waals surface area contributed by atoms with Crippen LogP contribution in [-0.4, -0.2) is 44.7 Å². The molecular weight excluding hydrogens is 368 g/mol. The second-order valence-electron chi connectivity index (χ2n) is 11.5. The molecule has 4 rings (SSSR count). The van der Waals surface area contributed by atoms with Crippen molar-refractivity contribution in [2.75, 3.05) is 0 Å². The van der Waals surface area contributed by atoms with Gasteiger partial charge in [-0.2, -0.15) is 0 Å². The molecule has 0 saturated heterocycles. The van der Waals surface area contributed by atoms with E-state index in [0.29, 0.717) is 30.1 Å². The van der Waals surface area contributed by atoms with Crippen molar-refractivity contribution in [1.82, 2.24) is 0 Å². The summed E-state index contributed by atoms with van der Waals surface area (Å²) in [5, 5.41) is 41.7. The van der Waals surface area contributed by atoms with E-state index in [-0.39, 0.29) is 35.2 Å². The second-order valence-corrected chi connectivity index (χ2v) is 11.5. The number of aliphatic hydroxyl groups is 3. The predicted molar refractivity (Wildman–Crippen MR) is 110 cm³/mol. The van der Waals surface area contributed by atoms with Crippen molar-refractivity contribution in [2.45, 2.75) is 96.9 Å². The molecule has 4 fully saturated rings. The average Bonchev–Trinajstić information content (AvgIpc) is 3.02. The van der Waals surface area contributed by atoms with Gasteiger partial charge in [0.25, 0.3) is 0 Å². The van der Waals surface area contributed by atoms with Gasteiger partial charge in [-0.05, 0) is 97.7 Å². The quantitative estimate of drug-likeness (QED) is 0.571. The van der Waals surface area contributed by atoms with Crippen LogP contribution in [-0.2, 0) is 4.79 Å². The van der Waals surface area contributed by atoms with E-state index in [2.05, 4.69) is 20.8 Å². The lowest BCUT2D eigenvalue weighted by Gasteiger charge is -2.63. The van der Waals surface area contributed by atoms with Crippen LogP contribution in [0.2, 0.25) is 0 Å². The highest BCUT2D eigenvalue weighted by Gasteiger charge is 2.65. The number of aliphatic carboxylic acids is 1. The van der Waals surface area contributed by atoms with Crippen LogP contribution < -0.4 is 0 Å². The third kappa shape index (κ3) is 3.27. The minimum Gasteiger partial charge on any atom is -0.481 e. The van der Waals surface area contributed by atoms with Crippen LogP contribution in [0.3, 0.4) is 0 Å². The summed E-state index contributed by atoms with van der Waals surface area (Å²) >= 11 is 0. The van der Waals surface area contributed by atoms with Gasteiger partial charge < -0.3 is 20.4 Å². The Morgan fingerprint density at radius 3 is 2.28 bits per heavy atom. The molecule has 0 bridgehead atoms. The lowest BCUT2D eigenvalue weighted by atomic mass is 9.43. The summed E-state index contributed by atoms with van der Waals surface area (Å²) in [5.41, 5.74) is 0.119. The zero-order chi connectivity index (χ0) is 21.1. The Labute approximate surface area is 174 Å². The Morgan fingerprint density at radius 1 is 0.931 bits per heavy atom. The molecule has 0 aromatic carbocycles. The van der Waals surface area contributed by atoms with Crippen molar-refractivity contribution in [1.29, 1.82) is 0 Å². The molecule has 0 aliphatic heterocycles. The summed E-state index contributed by atoms with van der Waals surface area (Å²) in [6.45, 7) is 6.89. The summed E-state index contributed by atoms with van der Waals surface area (Å²) < 4.78 is 0. The minimum absolute atomic E-state index is 0.00309. The molecule has 0 spiro atoms. The Morgan fingerprint density at radius 2 is 1.59 bits per heavy atom. The molecule has 4 saturated carbocycles. The standard InChI is InChI=1S/C24H40O5/c1-13(4-7-19(26)27)15-5-6-16-20-17(9-11-23(15,16)2)24(3)10-8-14(25)12-18(24)21(28)22(20)29/h13-18,20-22,25,28-29H,4-12H2,1-3H3,(H,26,27)/t13-,14-,15-,16+,17+,18+,20+,21+,22-,23-,24-/m1/s1. The van der Waals surface area contributed by atoms with Gasteiger partial charge in [-0.1, -0.05) is 20.8 Å². The molecular formula is C24H40O5. The van der Waals surface area contributed by atoms with Gasteiger partial charge in [-0.25, -0.2) is 0 Å². The highest BCUT2D eigenvalue weighted by atomic mass is 16.4. The van der Waals surface area contributed by atoms with Gasteiger partial charge in [0.2, 0.25) is 0 Å². The predicted octanol–water partition coefficient (Wildman–Crippen LogP) is 3.45. The summed E-state index contributed by atoms with van der Waals surface area (Å²) in [6, 6.07) is 0. The zero-order valence-corrected chi connectivity index (χ0v) is 18.3. The van der Waals surface area contributed by atoms with Crippen molar-refractivity contribution < 1.29 is 25.2 Å². The first-order valence-corrected chi connectivity index (χ1v) is 11.9. The van der Waals surface area contributed by atoms with Gasteiger partial charge in [0, 0.05) is 6.42 Å². The van der Waals surface area contributed by atoms with Gasteiger partial charge in [-0.15, -0.1) is 0 Å². The fourth-order valence-electron chi connectivity index (χ4n) is 8.77. The highest BCUT2D eigenvalue weighted by molar-refractivity contribution is 5.66. The van der Waals surface area contributed by atoms with Crippen molar-refractivity contribution in [3.63, 3.8) is 0 Å². The molecule has 166 valence electrons. The van der Waals surface area contributed by atoms with Crippen molar-refractivity contribution >= 4 is 5.97 Å². The zero-order valence-electron chi connectivity index (χ0n) is 18.3. The van der Waals surface area contributed by atoms with Crippen LogP contribution in [0.15, 0.2) is 0 Å².